The second kappa shape index (κ2) is 7.84. The van der Waals surface area contributed by atoms with Crippen molar-refractivity contribution in [3.05, 3.63) is 47.8 Å². The molecule has 0 spiro atoms. The molecule has 27 heavy (non-hydrogen) atoms. The van der Waals surface area contributed by atoms with E-state index >= 15 is 0 Å². The summed E-state index contributed by atoms with van der Waals surface area (Å²) in [6.45, 7) is 5.61. The van der Waals surface area contributed by atoms with Gasteiger partial charge in [-0.3, -0.25) is 4.79 Å². The molecule has 3 rings (SSSR count). The third-order valence-electron chi connectivity index (χ3n) is 4.66. The fourth-order valence-corrected chi connectivity index (χ4v) is 4.46. The number of nitrogens with zero attached hydrogens (tertiary/aromatic N) is 2. The molecule has 0 bridgehead atoms. The first-order valence-corrected chi connectivity index (χ1v) is 10.4. The van der Waals surface area contributed by atoms with Crippen LogP contribution in [0.5, 0.6) is 0 Å². The van der Waals surface area contributed by atoms with Crippen LogP contribution in [0.25, 0.3) is 0 Å². The van der Waals surface area contributed by atoms with E-state index in [1.54, 1.807) is 7.05 Å². The van der Waals surface area contributed by atoms with Crippen molar-refractivity contribution in [1.82, 2.24) is 8.87 Å². The number of anilines is 1. The maximum absolute atomic E-state index is 12.8. The lowest BCUT2D eigenvalue weighted by molar-refractivity contribution is 0.0730. The van der Waals surface area contributed by atoms with E-state index < -0.39 is 10.0 Å². The number of carbonyl (C=O) groups excluding carboxylic acids is 1. The molecule has 0 aliphatic carbocycles. The number of nitrogens with one attached hydrogen (secondary N) is 1. The normalized spacial score (nSPS) is 15.9. The van der Waals surface area contributed by atoms with Crippen molar-refractivity contribution in [2.24, 2.45) is 7.05 Å². The first kappa shape index (κ1) is 19.6. The molecule has 1 aliphatic heterocycles. The Kier molecular flexibility index (Phi) is 5.69. The summed E-state index contributed by atoms with van der Waals surface area (Å²) in [6.07, 6.45) is 1.47. The van der Waals surface area contributed by atoms with E-state index in [0.717, 1.165) is 0 Å². The van der Waals surface area contributed by atoms with Crippen molar-refractivity contribution in [1.29, 1.82) is 0 Å². The number of ether oxygens (including phenoxy) is 1. The van der Waals surface area contributed by atoms with Gasteiger partial charge in [-0.25, -0.2) is 8.42 Å². The molecule has 0 unspecified atom stereocenters. The highest BCUT2D eigenvalue weighted by Gasteiger charge is 2.28. The Labute approximate surface area is 160 Å². The van der Waals surface area contributed by atoms with Gasteiger partial charge in [0, 0.05) is 32.0 Å². The highest BCUT2D eigenvalue weighted by atomic mass is 32.2. The molecular formula is C19H25N3O4S. The van der Waals surface area contributed by atoms with Gasteiger partial charge in [-0.05, 0) is 29.7 Å². The van der Waals surface area contributed by atoms with Gasteiger partial charge in [-0.1, -0.05) is 26.0 Å². The Bertz CT molecular complexity index is 911. The van der Waals surface area contributed by atoms with Gasteiger partial charge in [-0.2, -0.15) is 4.31 Å². The van der Waals surface area contributed by atoms with Gasteiger partial charge in [0.15, 0.2) is 0 Å². The van der Waals surface area contributed by atoms with Crippen LogP contribution in [0.15, 0.2) is 41.4 Å². The molecule has 0 saturated carbocycles. The second-order valence-corrected chi connectivity index (χ2v) is 8.86. The summed E-state index contributed by atoms with van der Waals surface area (Å²) in [6, 6.07) is 9.06. The molecule has 1 fully saturated rings. The fourth-order valence-electron chi connectivity index (χ4n) is 2.98. The maximum atomic E-state index is 12.8. The van der Waals surface area contributed by atoms with Gasteiger partial charge in [0.25, 0.3) is 5.91 Å². The first-order chi connectivity index (χ1) is 12.8. The minimum atomic E-state index is -3.63. The average Bonchev–Trinajstić information content (AvgIpc) is 3.05. The molecule has 1 saturated heterocycles. The molecule has 1 aromatic heterocycles. The van der Waals surface area contributed by atoms with Crippen LogP contribution in [-0.2, 0) is 21.8 Å². The van der Waals surface area contributed by atoms with Crippen LogP contribution in [0, 0.1) is 0 Å². The van der Waals surface area contributed by atoms with Gasteiger partial charge in [0.2, 0.25) is 10.0 Å². The number of morpholine rings is 1. The molecule has 1 aliphatic rings. The Morgan fingerprint density at radius 2 is 1.78 bits per heavy atom. The zero-order valence-corrected chi connectivity index (χ0v) is 16.6. The van der Waals surface area contributed by atoms with E-state index in [0.29, 0.717) is 37.9 Å². The van der Waals surface area contributed by atoms with Crippen LogP contribution in [0.3, 0.4) is 0 Å². The summed E-state index contributed by atoms with van der Waals surface area (Å²) in [5.74, 6) is 0.0637. The minimum absolute atomic E-state index is 0.118. The van der Waals surface area contributed by atoms with Crippen molar-refractivity contribution in [2.75, 3.05) is 31.6 Å². The molecule has 8 heteroatoms. The summed E-state index contributed by atoms with van der Waals surface area (Å²) in [7, 11) is -1.97. The highest BCUT2D eigenvalue weighted by Crippen LogP contribution is 2.21. The van der Waals surface area contributed by atoms with Gasteiger partial charge >= 0.3 is 0 Å². The van der Waals surface area contributed by atoms with Gasteiger partial charge in [-0.15, -0.1) is 0 Å². The minimum Gasteiger partial charge on any atom is -0.379 e. The number of aryl methyl sites for hydroxylation is 1. The average molecular weight is 391 g/mol. The largest absolute Gasteiger partial charge is 0.379 e. The van der Waals surface area contributed by atoms with E-state index in [1.807, 2.05) is 24.3 Å². The fraction of sp³-hybridized carbons (Fsp3) is 0.421. The van der Waals surface area contributed by atoms with E-state index in [-0.39, 0.29) is 16.5 Å². The summed E-state index contributed by atoms with van der Waals surface area (Å²) in [5, 5.41) is 2.82. The number of aromatic nitrogens is 1. The Hall–Kier alpha value is -2.16. The van der Waals surface area contributed by atoms with Gasteiger partial charge < -0.3 is 14.6 Å². The zero-order chi connectivity index (χ0) is 19.6. The topological polar surface area (TPSA) is 80.6 Å². The summed E-state index contributed by atoms with van der Waals surface area (Å²) < 4.78 is 33.7. The van der Waals surface area contributed by atoms with Crippen molar-refractivity contribution in [2.45, 2.75) is 24.7 Å². The SMILES string of the molecule is CC(C)c1ccc(NC(=O)c2cc(S(=O)(=O)N3CCOCC3)cn2C)cc1. The predicted octanol–water partition coefficient (Wildman–Crippen LogP) is 2.42. The molecule has 7 nitrogen and oxygen atoms in total. The second-order valence-electron chi connectivity index (χ2n) is 6.92. The molecule has 146 valence electrons. The van der Waals surface area contributed by atoms with E-state index in [4.69, 9.17) is 4.74 Å². The van der Waals surface area contributed by atoms with Crippen LogP contribution in [0.1, 0.15) is 35.8 Å². The van der Waals surface area contributed by atoms with E-state index in [2.05, 4.69) is 19.2 Å². The molecular weight excluding hydrogens is 366 g/mol. The third kappa shape index (κ3) is 4.23. The monoisotopic (exact) mass is 391 g/mol. The first-order valence-electron chi connectivity index (χ1n) is 8.94. The quantitative estimate of drug-likeness (QED) is 0.849. The number of benzene rings is 1. The summed E-state index contributed by atoms with van der Waals surface area (Å²) in [4.78, 5) is 12.7. The molecule has 0 radical (unpaired) electrons. The molecule has 1 amide bonds. The molecule has 2 aromatic rings. The van der Waals surface area contributed by atoms with Crippen LogP contribution in [-0.4, -0.2) is 49.5 Å². The van der Waals surface area contributed by atoms with E-state index in [1.165, 1.54) is 26.7 Å². The van der Waals surface area contributed by atoms with Crippen molar-refractivity contribution < 1.29 is 17.9 Å². The molecule has 0 atom stereocenters. The Morgan fingerprint density at radius 1 is 1.15 bits per heavy atom. The van der Waals surface area contributed by atoms with Crippen molar-refractivity contribution in [3.63, 3.8) is 0 Å². The standard InChI is InChI=1S/C19H25N3O4S/c1-14(2)15-4-6-16(7-5-15)20-19(23)18-12-17(13-21(18)3)27(24,25)22-8-10-26-11-9-22/h4-7,12-14H,8-11H2,1-3H3,(H,20,23). The zero-order valence-electron chi connectivity index (χ0n) is 15.8. The van der Waals surface area contributed by atoms with Gasteiger partial charge in [0.1, 0.15) is 10.6 Å². The number of carbonyl (C=O) groups is 1. The maximum Gasteiger partial charge on any atom is 0.272 e. The lowest BCUT2D eigenvalue weighted by Crippen LogP contribution is -2.40. The summed E-state index contributed by atoms with van der Waals surface area (Å²) >= 11 is 0. The van der Waals surface area contributed by atoms with Crippen LogP contribution in [0.4, 0.5) is 5.69 Å². The van der Waals surface area contributed by atoms with Crippen molar-refractivity contribution >= 4 is 21.6 Å². The van der Waals surface area contributed by atoms with Crippen LogP contribution >= 0.6 is 0 Å². The van der Waals surface area contributed by atoms with Crippen molar-refractivity contribution in [3.8, 4) is 0 Å². The molecule has 2 heterocycles. The number of hydrogen-bond donors (Lipinski definition) is 1. The lowest BCUT2D eigenvalue weighted by atomic mass is 10.0. The molecule has 1 aromatic carbocycles. The summed E-state index contributed by atoms with van der Waals surface area (Å²) in [5.41, 5.74) is 2.14. The predicted molar refractivity (Wildman–Crippen MR) is 103 cm³/mol. The van der Waals surface area contributed by atoms with E-state index in [9.17, 15) is 13.2 Å². The number of rotatable bonds is 5. The third-order valence-corrected chi connectivity index (χ3v) is 6.52. The smallest absolute Gasteiger partial charge is 0.272 e. The Morgan fingerprint density at radius 3 is 2.37 bits per heavy atom. The molecule has 1 N–H and O–H groups in total. The number of hydrogen-bond acceptors (Lipinski definition) is 4. The van der Waals surface area contributed by atoms with Crippen LogP contribution in [0.2, 0.25) is 0 Å². The van der Waals surface area contributed by atoms with Gasteiger partial charge in [0.05, 0.1) is 13.2 Å². The van der Waals surface area contributed by atoms with Crippen LogP contribution < -0.4 is 5.32 Å². The Balaban J connectivity index is 1.78. The lowest BCUT2D eigenvalue weighted by Gasteiger charge is -2.25. The highest BCUT2D eigenvalue weighted by molar-refractivity contribution is 7.89. The number of sulfonamides is 1. The number of amides is 1.